The van der Waals surface area contributed by atoms with E-state index in [0.717, 1.165) is 27.6 Å². The van der Waals surface area contributed by atoms with E-state index < -0.39 is 29.0 Å². The zero-order valence-electron chi connectivity index (χ0n) is 32.4. The fourth-order valence-corrected chi connectivity index (χ4v) is 8.31. The molecule has 1 aliphatic heterocycles. The molecule has 0 aliphatic carbocycles. The van der Waals surface area contributed by atoms with Crippen LogP contribution in [0.5, 0.6) is 0 Å². The highest BCUT2D eigenvalue weighted by Crippen LogP contribution is 2.41. The van der Waals surface area contributed by atoms with Crippen molar-refractivity contribution in [2.75, 3.05) is 18.5 Å². The van der Waals surface area contributed by atoms with Crippen LogP contribution in [0.1, 0.15) is 87.8 Å². The lowest BCUT2D eigenvalue weighted by Gasteiger charge is -2.41. The summed E-state index contributed by atoms with van der Waals surface area (Å²) >= 11 is 2.90. The summed E-state index contributed by atoms with van der Waals surface area (Å²) in [7, 11) is 2.04. The van der Waals surface area contributed by atoms with Gasteiger partial charge in [-0.3, -0.25) is 9.55 Å². The van der Waals surface area contributed by atoms with Crippen LogP contribution >= 0.6 is 22.7 Å². The number of hydrogen-bond acceptors (Lipinski definition) is 13. The van der Waals surface area contributed by atoms with E-state index in [1.807, 2.05) is 59.6 Å². The van der Waals surface area contributed by atoms with Gasteiger partial charge in [0.15, 0.2) is 14.8 Å². The van der Waals surface area contributed by atoms with Gasteiger partial charge in [0.1, 0.15) is 27.5 Å². The van der Waals surface area contributed by atoms with Gasteiger partial charge in [-0.2, -0.15) is 9.78 Å². The molecule has 1 amide bonds. The Balaban J connectivity index is 1.32. The van der Waals surface area contributed by atoms with Crippen molar-refractivity contribution in [3.05, 3.63) is 30.4 Å². The first-order valence-electron chi connectivity index (χ1n) is 17.6. The number of aromatic nitrogens is 6. The minimum Gasteiger partial charge on any atom is -0.444 e. The number of carbonyl (C=O) groups excluding carboxylic acids is 3. The number of amides is 1. The molecule has 0 saturated carbocycles. The number of carbonyl (C=O) groups is 3. The number of piperidine rings is 1. The fraction of sp³-hybridized carbons (Fsp3) is 0.541. The maximum Gasteiger partial charge on any atom is 0.435 e. The number of nitrogens with zero attached hydrogens (tertiary/aromatic N) is 8. The zero-order chi connectivity index (χ0) is 38.8. The first-order valence-corrected chi connectivity index (χ1v) is 19.3. The van der Waals surface area contributed by atoms with Crippen molar-refractivity contribution in [2.24, 2.45) is 0 Å². The van der Waals surface area contributed by atoms with E-state index in [0.29, 0.717) is 45.0 Å². The number of anilines is 1. The number of thiazole rings is 2. The number of hydrogen-bond donors (Lipinski definition) is 0. The number of pyridine rings is 1. The summed E-state index contributed by atoms with van der Waals surface area (Å²) in [5.74, 6) is 0. The molecule has 0 radical (unpaired) electrons. The lowest BCUT2D eigenvalue weighted by atomic mass is 9.98. The van der Waals surface area contributed by atoms with Crippen molar-refractivity contribution in [1.29, 1.82) is 0 Å². The van der Waals surface area contributed by atoms with Gasteiger partial charge in [-0.15, -0.1) is 0 Å². The van der Waals surface area contributed by atoms with Gasteiger partial charge in [-0.1, -0.05) is 22.7 Å². The summed E-state index contributed by atoms with van der Waals surface area (Å²) in [6, 6.07) is 2.04. The molecule has 1 saturated heterocycles. The highest BCUT2D eigenvalue weighted by Gasteiger charge is 2.34. The largest absolute Gasteiger partial charge is 0.444 e. The topological polar surface area (TPSA) is 147 Å². The summed E-state index contributed by atoms with van der Waals surface area (Å²) in [4.78, 5) is 59.5. The molecular weight excluding hydrogens is 717 g/mol. The van der Waals surface area contributed by atoms with Crippen molar-refractivity contribution in [3.63, 3.8) is 0 Å². The molecule has 16 heteroatoms. The van der Waals surface area contributed by atoms with Gasteiger partial charge in [0.25, 0.3) is 0 Å². The summed E-state index contributed by atoms with van der Waals surface area (Å²) in [6.07, 6.45) is 5.14. The smallest absolute Gasteiger partial charge is 0.435 e. The van der Waals surface area contributed by atoms with Gasteiger partial charge in [-0.05, 0) is 95.1 Å². The molecule has 284 valence electrons. The highest BCUT2D eigenvalue weighted by molar-refractivity contribution is 7.29. The van der Waals surface area contributed by atoms with E-state index in [4.69, 9.17) is 29.2 Å². The number of likely N-dealkylation sites (tertiary alicyclic amines) is 1. The Labute approximate surface area is 317 Å². The third-order valence-corrected chi connectivity index (χ3v) is 10.7. The number of ether oxygens (including phenoxy) is 3. The summed E-state index contributed by atoms with van der Waals surface area (Å²) in [5.41, 5.74) is 1.01. The zero-order valence-corrected chi connectivity index (χ0v) is 34.1. The molecule has 14 nitrogen and oxygen atoms in total. The molecule has 53 heavy (non-hydrogen) atoms. The Morgan fingerprint density at radius 3 is 2.11 bits per heavy atom. The molecule has 1 fully saturated rings. The van der Waals surface area contributed by atoms with Crippen molar-refractivity contribution in [1.82, 2.24) is 34.2 Å². The van der Waals surface area contributed by atoms with E-state index in [9.17, 15) is 14.4 Å². The molecule has 6 heterocycles. The predicted molar refractivity (Wildman–Crippen MR) is 207 cm³/mol. The lowest BCUT2D eigenvalue weighted by Crippen LogP contribution is -2.51. The van der Waals surface area contributed by atoms with E-state index in [1.54, 1.807) is 46.3 Å². The third-order valence-electron chi connectivity index (χ3n) is 8.58. The van der Waals surface area contributed by atoms with Crippen LogP contribution in [0.4, 0.5) is 19.5 Å². The second-order valence-corrected chi connectivity index (χ2v) is 18.4. The lowest BCUT2D eigenvalue weighted by molar-refractivity contribution is 0.0104. The molecular formula is C37H48N8O6S2. The van der Waals surface area contributed by atoms with Crippen LogP contribution in [0, 0.1) is 6.92 Å². The molecule has 0 N–H and O–H groups in total. The minimum atomic E-state index is -0.732. The van der Waals surface area contributed by atoms with Gasteiger partial charge in [0, 0.05) is 60.8 Å². The first-order chi connectivity index (χ1) is 24.6. The molecule has 1 aliphatic rings. The first kappa shape index (κ1) is 38.2. The number of rotatable bonds is 4. The van der Waals surface area contributed by atoms with Crippen LogP contribution in [0.25, 0.3) is 42.4 Å². The third kappa shape index (κ3) is 8.17. The average molecular weight is 765 g/mol. The standard InChI is InChI=1S/C37H48N8O6S2/c1-20-17-22(13-15-43(20)32(46)49-35(3,4)5)42(12)31-40-30-29(53-31)39-28(52-30)26-27-23(14-16-44(27)33(47)50-36(6,7)8)24(18-38-26)25-19-45(41-21(25)2)34(48)51-37(9,10)11/h14,16,18-20,22H,13,15,17H2,1-12H3/t20-,22+/m1/s1. The Bertz CT molecular complexity index is 2160. The Kier molecular flexibility index (Phi) is 9.86. The maximum atomic E-state index is 13.6. The summed E-state index contributed by atoms with van der Waals surface area (Å²) in [6.45, 7) is 20.9. The van der Waals surface area contributed by atoms with Crippen LogP contribution in [-0.4, -0.2) is 95.0 Å². The molecule has 5 aromatic rings. The van der Waals surface area contributed by atoms with E-state index in [-0.39, 0.29) is 18.2 Å². The Morgan fingerprint density at radius 1 is 0.868 bits per heavy atom. The molecule has 6 rings (SSSR count). The predicted octanol–water partition coefficient (Wildman–Crippen LogP) is 8.73. The van der Waals surface area contributed by atoms with Gasteiger partial charge < -0.3 is 24.0 Å². The van der Waals surface area contributed by atoms with Crippen LogP contribution in [0.15, 0.2) is 24.7 Å². The molecule has 0 unspecified atom stereocenters. The number of aryl methyl sites for hydroxylation is 1. The van der Waals surface area contributed by atoms with Gasteiger partial charge in [0.05, 0.1) is 11.2 Å². The quantitative estimate of drug-likeness (QED) is 0.162. The number of fused-ring (bicyclic) bond motifs is 2. The second kappa shape index (κ2) is 13.7. The van der Waals surface area contributed by atoms with Crippen LogP contribution in [-0.2, 0) is 14.2 Å². The monoisotopic (exact) mass is 764 g/mol. The van der Waals surface area contributed by atoms with Crippen LogP contribution in [0.2, 0.25) is 0 Å². The minimum absolute atomic E-state index is 0.0185. The molecule has 0 bridgehead atoms. The van der Waals surface area contributed by atoms with Crippen molar-refractivity contribution >= 4 is 66.6 Å². The van der Waals surface area contributed by atoms with Crippen molar-refractivity contribution < 1.29 is 28.6 Å². The van der Waals surface area contributed by atoms with Crippen molar-refractivity contribution in [3.8, 4) is 21.8 Å². The van der Waals surface area contributed by atoms with E-state index >= 15 is 0 Å². The normalized spacial score (nSPS) is 17.0. The summed E-state index contributed by atoms with van der Waals surface area (Å²) in [5, 5.41) is 6.59. The molecule has 0 spiro atoms. The van der Waals surface area contributed by atoms with Gasteiger partial charge in [0.2, 0.25) is 0 Å². The van der Waals surface area contributed by atoms with Crippen LogP contribution in [0.3, 0.4) is 0 Å². The van der Waals surface area contributed by atoms with Gasteiger partial charge in [-0.25, -0.2) is 24.4 Å². The van der Waals surface area contributed by atoms with Crippen molar-refractivity contribution in [2.45, 2.75) is 118 Å². The second-order valence-electron chi connectivity index (χ2n) is 16.4. The average Bonchev–Trinajstić information content (AvgIpc) is 3.80. The highest BCUT2D eigenvalue weighted by atomic mass is 32.1. The van der Waals surface area contributed by atoms with E-state index in [2.05, 4.69) is 16.9 Å². The maximum absolute atomic E-state index is 13.6. The van der Waals surface area contributed by atoms with E-state index in [1.165, 1.54) is 31.9 Å². The SMILES string of the molecule is Cc1nn(C(=O)OC(C)(C)C)cc1-c1cnc(-c2nc3sc(N(C)[C@H]4CCN(C(=O)OC(C)(C)C)[C@H](C)C4)nc3s2)c2c1ccn2C(=O)OC(C)(C)C. The molecule has 5 aromatic heterocycles. The van der Waals surface area contributed by atoms with Gasteiger partial charge >= 0.3 is 18.3 Å². The molecule has 0 aromatic carbocycles. The fourth-order valence-electron chi connectivity index (χ4n) is 6.24. The molecule has 2 atom stereocenters. The summed E-state index contributed by atoms with van der Waals surface area (Å²) < 4.78 is 19.6. The Morgan fingerprint density at radius 2 is 1.49 bits per heavy atom. The Hall–Kier alpha value is -4.57. The van der Waals surface area contributed by atoms with Crippen LogP contribution < -0.4 is 4.90 Å².